The Balaban J connectivity index is 2.54. The van der Waals surface area contributed by atoms with Gasteiger partial charge < -0.3 is 26.0 Å². The van der Waals surface area contributed by atoms with E-state index in [0.717, 1.165) is 36.0 Å². The van der Waals surface area contributed by atoms with Crippen molar-refractivity contribution in [3.05, 3.63) is 70.8 Å². The highest BCUT2D eigenvalue weighted by Gasteiger charge is 2.36. The van der Waals surface area contributed by atoms with Crippen molar-refractivity contribution in [1.82, 2.24) is 15.5 Å². The molecule has 0 aliphatic rings. The van der Waals surface area contributed by atoms with Gasteiger partial charge in [0.15, 0.2) is 0 Å². The summed E-state index contributed by atoms with van der Waals surface area (Å²) in [4.78, 5) is 54.4. The van der Waals surface area contributed by atoms with Crippen molar-refractivity contribution in [3.8, 4) is 0 Å². The number of amides is 4. The van der Waals surface area contributed by atoms with Crippen LogP contribution in [0.3, 0.4) is 0 Å². The standard InChI is InChI=1S/C33H48N4O5/c1-7-8-9-13-20-37(31(40)27(18-19-28(34)38)36-32(41)42-33(4,5)6)29(26-21-23(2)16-17-24(26)3)30(39)35-22-25-14-11-10-12-15-25/h10-12,14-17,21,27,29H,7-9,13,18-20,22H2,1-6H3,(H2,34,38)(H,35,39)(H,36,41). The summed E-state index contributed by atoms with van der Waals surface area (Å²) in [6, 6.07) is 13.3. The summed E-state index contributed by atoms with van der Waals surface area (Å²) in [6.45, 7) is 11.7. The molecule has 2 atom stereocenters. The van der Waals surface area contributed by atoms with Crippen LogP contribution in [0.25, 0.3) is 0 Å². The van der Waals surface area contributed by atoms with Gasteiger partial charge in [0, 0.05) is 19.5 Å². The zero-order valence-corrected chi connectivity index (χ0v) is 26.0. The lowest BCUT2D eigenvalue weighted by atomic mass is 9.95. The predicted octanol–water partition coefficient (Wildman–Crippen LogP) is 5.23. The van der Waals surface area contributed by atoms with Crippen molar-refractivity contribution in [2.45, 2.75) is 104 Å². The molecule has 2 unspecified atom stereocenters. The number of hydrogen-bond donors (Lipinski definition) is 3. The van der Waals surface area contributed by atoms with E-state index >= 15 is 0 Å². The number of ether oxygens (including phenoxy) is 1. The fraction of sp³-hybridized carbons (Fsp3) is 0.515. The van der Waals surface area contributed by atoms with Crippen molar-refractivity contribution in [1.29, 1.82) is 0 Å². The lowest BCUT2D eigenvalue weighted by Gasteiger charge is -2.35. The smallest absolute Gasteiger partial charge is 0.408 e. The van der Waals surface area contributed by atoms with E-state index in [1.807, 2.05) is 62.4 Å². The Morgan fingerprint density at radius 2 is 1.67 bits per heavy atom. The van der Waals surface area contributed by atoms with Crippen LogP contribution in [0.1, 0.15) is 94.5 Å². The third kappa shape index (κ3) is 11.5. The first kappa shape index (κ1) is 34.3. The number of rotatable bonds is 15. The van der Waals surface area contributed by atoms with Crippen molar-refractivity contribution >= 4 is 23.8 Å². The molecule has 0 saturated carbocycles. The van der Waals surface area contributed by atoms with Crippen LogP contribution in [0, 0.1) is 13.8 Å². The highest BCUT2D eigenvalue weighted by atomic mass is 16.6. The van der Waals surface area contributed by atoms with E-state index in [2.05, 4.69) is 17.6 Å². The summed E-state index contributed by atoms with van der Waals surface area (Å²) < 4.78 is 5.42. The first-order chi connectivity index (χ1) is 19.8. The predicted molar refractivity (Wildman–Crippen MR) is 164 cm³/mol. The van der Waals surface area contributed by atoms with Gasteiger partial charge in [0.25, 0.3) is 0 Å². The number of aryl methyl sites for hydroxylation is 2. The second-order valence-electron chi connectivity index (χ2n) is 11.8. The van der Waals surface area contributed by atoms with E-state index in [9.17, 15) is 19.2 Å². The molecular formula is C33H48N4O5. The summed E-state index contributed by atoms with van der Waals surface area (Å²) in [5.74, 6) is -1.40. The number of benzene rings is 2. The minimum Gasteiger partial charge on any atom is -0.444 e. The molecule has 0 saturated heterocycles. The maximum Gasteiger partial charge on any atom is 0.408 e. The number of unbranched alkanes of at least 4 members (excludes halogenated alkanes) is 3. The largest absolute Gasteiger partial charge is 0.444 e. The summed E-state index contributed by atoms with van der Waals surface area (Å²) >= 11 is 0. The number of carbonyl (C=O) groups excluding carboxylic acids is 4. The Hall–Kier alpha value is -3.88. The zero-order chi connectivity index (χ0) is 31.3. The number of carbonyl (C=O) groups is 4. The second-order valence-corrected chi connectivity index (χ2v) is 11.8. The summed E-state index contributed by atoms with van der Waals surface area (Å²) in [5, 5.41) is 5.67. The molecule has 0 fully saturated rings. The second kappa shape index (κ2) is 16.5. The zero-order valence-electron chi connectivity index (χ0n) is 26.0. The number of alkyl carbamates (subject to hydrolysis) is 1. The third-order valence-corrected chi connectivity index (χ3v) is 6.80. The Labute approximate surface area is 250 Å². The molecule has 2 rings (SSSR count). The molecule has 42 heavy (non-hydrogen) atoms. The summed E-state index contributed by atoms with van der Waals surface area (Å²) in [5.41, 5.74) is 8.07. The molecule has 0 heterocycles. The molecular weight excluding hydrogens is 532 g/mol. The van der Waals surface area contributed by atoms with Crippen LogP contribution in [-0.4, -0.2) is 46.9 Å². The van der Waals surface area contributed by atoms with Crippen LogP contribution >= 0.6 is 0 Å². The molecule has 0 aromatic heterocycles. The Morgan fingerprint density at radius 1 is 0.976 bits per heavy atom. The van der Waals surface area contributed by atoms with Crippen molar-refractivity contribution in [3.63, 3.8) is 0 Å². The quantitative estimate of drug-likeness (QED) is 0.248. The van der Waals surface area contributed by atoms with E-state index in [1.54, 1.807) is 25.7 Å². The lowest BCUT2D eigenvalue weighted by Crippen LogP contribution is -2.53. The molecule has 9 nitrogen and oxygen atoms in total. The summed E-state index contributed by atoms with van der Waals surface area (Å²) in [6.07, 6.45) is 2.60. The molecule has 4 amide bonds. The van der Waals surface area contributed by atoms with Gasteiger partial charge in [0.2, 0.25) is 17.7 Å². The Bertz CT molecular complexity index is 1190. The number of hydrogen-bond acceptors (Lipinski definition) is 5. The van der Waals surface area contributed by atoms with E-state index < -0.39 is 35.6 Å². The van der Waals surface area contributed by atoms with Gasteiger partial charge in [-0.1, -0.05) is 80.3 Å². The van der Waals surface area contributed by atoms with Gasteiger partial charge in [-0.05, 0) is 64.2 Å². The molecule has 0 spiro atoms. The Morgan fingerprint density at radius 3 is 2.29 bits per heavy atom. The minimum absolute atomic E-state index is 0.0238. The van der Waals surface area contributed by atoms with E-state index in [0.29, 0.717) is 25.1 Å². The molecule has 0 aliphatic heterocycles. The average molecular weight is 581 g/mol. The van der Waals surface area contributed by atoms with Gasteiger partial charge in [-0.25, -0.2) is 4.79 Å². The monoisotopic (exact) mass is 580 g/mol. The normalized spacial score (nSPS) is 12.6. The van der Waals surface area contributed by atoms with Gasteiger partial charge in [0.1, 0.15) is 17.7 Å². The van der Waals surface area contributed by atoms with Gasteiger partial charge in [-0.15, -0.1) is 0 Å². The molecule has 0 radical (unpaired) electrons. The van der Waals surface area contributed by atoms with E-state index in [-0.39, 0.29) is 18.7 Å². The van der Waals surface area contributed by atoms with E-state index in [1.165, 1.54) is 0 Å². The Kier molecular flexibility index (Phi) is 13.5. The fourth-order valence-corrected chi connectivity index (χ4v) is 4.66. The van der Waals surface area contributed by atoms with Crippen LogP contribution in [0.2, 0.25) is 0 Å². The van der Waals surface area contributed by atoms with Crippen LogP contribution in [0.5, 0.6) is 0 Å². The van der Waals surface area contributed by atoms with Crippen molar-refractivity contribution < 1.29 is 23.9 Å². The number of nitrogens with two attached hydrogens (primary N) is 1. The van der Waals surface area contributed by atoms with Gasteiger partial charge >= 0.3 is 6.09 Å². The van der Waals surface area contributed by atoms with Gasteiger partial charge in [-0.3, -0.25) is 14.4 Å². The third-order valence-electron chi connectivity index (χ3n) is 6.80. The first-order valence-corrected chi connectivity index (χ1v) is 14.8. The maximum absolute atomic E-state index is 14.3. The number of nitrogens with one attached hydrogen (secondary N) is 2. The molecule has 4 N–H and O–H groups in total. The average Bonchev–Trinajstić information content (AvgIpc) is 2.92. The first-order valence-electron chi connectivity index (χ1n) is 14.8. The number of nitrogens with zero attached hydrogens (tertiary/aromatic N) is 1. The van der Waals surface area contributed by atoms with Crippen LogP contribution in [0.4, 0.5) is 4.79 Å². The molecule has 2 aromatic carbocycles. The molecule has 0 bridgehead atoms. The topological polar surface area (TPSA) is 131 Å². The van der Waals surface area contributed by atoms with Crippen molar-refractivity contribution in [2.24, 2.45) is 5.73 Å². The lowest BCUT2D eigenvalue weighted by molar-refractivity contribution is -0.143. The molecule has 2 aromatic rings. The van der Waals surface area contributed by atoms with Crippen LogP contribution < -0.4 is 16.4 Å². The highest BCUT2D eigenvalue weighted by molar-refractivity contribution is 5.92. The van der Waals surface area contributed by atoms with Crippen LogP contribution in [-0.2, 0) is 25.7 Å². The molecule has 9 heteroatoms. The van der Waals surface area contributed by atoms with Gasteiger partial charge in [-0.2, -0.15) is 0 Å². The van der Waals surface area contributed by atoms with E-state index in [4.69, 9.17) is 10.5 Å². The fourth-order valence-electron chi connectivity index (χ4n) is 4.66. The number of primary amides is 1. The van der Waals surface area contributed by atoms with Crippen LogP contribution in [0.15, 0.2) is 48.5 Å². The van der Waals surface area contributed by atoms with Gasteiger partial charge in [0.05, 0.1) is 0 Å². The highest BCUT2D eigenvalue weighted by Crippen LogP contribution is 2.28. The minimum atomic E-state index is -1.12. The maximum atomic E-state index is 14.3. The summed E-state index contributed by atoms with van der Waals surface area (Å²) in [7, 11) is 0. The SMILES string of the molecule is CCCCCCN(C(=O)C(CCC(N)=O)NC(=O)OC(C)(C)C)C(C(=O)NCc1ccccc1)c1cc(C)ccc1C. The van der Waals surface area contributed by atoms with Crippen molar-refractivity contribution in [2.75, 3.05) is 6.54 Å². The molecule has 0 aliphatic carbocycles. The molecule has 230 valence electrons.